The lowest BCUT2D eigenvalue weighted by Crippen LogP contribution is -2.34. The first-order valence-electron chi connectivity index (χ1n) is 10.1. The molecule has 1 N–H and O–H groups in total. The summed E-state index contributed by atoms with van der Waals surface area (Å²) in [5, 5.41) is 10.4. The fraction of sp³-hybridized carbons (Fsp3) is 0.250. The zero-order valence-electron chi connectivity index (χ0n) is 18.2. The van der Waals surface area contributed by atoms with Gasteiger partial charge in [0.2, 0.25) is 10.0 Å². The maximum Gasteiger partial charge on any atom is 0.217 e. The molecule has 0 radical (unpaired) electrons. The molecule has 1 unspecified atom stereocenters. The van der Waals surface area contributed by atoms with Gasteiger partial charge in [-0.05, 0) is 41.5 Å². The van der Waals surface area contributed by atoms with Crippen LogP contribution in [0.15, 0.2) is 66.7 Å². The molecule has 9 heteroatoms. The predicted octanol–water partition coefficient (Wildman–Crippen LogP) is 4.05. The highest BCUT2D eigenvalue weighted by atomic mass is 32.2. The van der Waals surface area contributed by atoms with E-state index in [0.717, 1.165) is 12.1 Å². The molecule has 6 nitrogen and oxygen atoms in total. The molecule has 0 aromatic heterocycles. The van der Waals surface area contributed by atoms with Gasteiger partial charge in [-0.3, -0.25) is 0 Å². The van der Waals surface area contributed by atoms with Crippen LogP contribution in [0, 0.1) is 11.6 Å². The van der Waals surface area contributed by atoms with Crippen LogP contribution in [0.2, 0.25) is 0 Å². The minimum Gasteiger partial charge on any atom is -0.497 e. The fourth-order valence-corrected chi connectivity index (χ4v) is 4.77. The van der Waals surface area contributed by atoms with Crippen LogP contribution in [-0.4, -0.2) is 37.8 Å². The molecule has 0 fully saturated rings. The first-order valence-corrected chi connectivity index (χ1v) is 11.7. The smallest absolute Gasteiger partial charge is 0.217 e. The number of methoxy groups -OCH3 is 2. The Bertz CT molecular complexity index is 1120. The number of sulfonamides is 1. The number of hydrogen-bond donors (Lipinski definition) is 1. The Labute approximate surface area is 192 Å². The first-order chi connectivity index (χ1) is 15.7. The third kappa shape index (κ3) is 6.50. The number of halogens is 2. The van der Waals surface area contributed by atoms with Crippen LogP contribution in [0.5, 0.6) is 11.5 Å². The minimum atomic E-state index is -4.06. The Balaban J connectivity index is 1.87. The number of aliphatic hydroxyl groups excluding tert-OH is 1. The molecule has 3 rings (SSSR count). The molecule has 0 bridgehead atoms. The van der Waals surface area contributed by atoms with Gasteiger partial charge in [0.05, 0.1) is 26.1 Å². The number of nitrogens with zero attached hydrogens (tertiary/aromatic N) is 1. The van der Waals surface area contributed by atoms with E-state index in [0.29, 0.717) is 28.7 Å². The molecule has 0 spiro atoms. The topological polar surface area (TPSA) is 76.1 Å². The second kappa shape index (κ2) is 10.7. The zero-order valence-corrected chi connectivity index (χ0v) is 19.1. The van der Waals surface area contributed by atoms with Gasteiger partial charge in [0, 0.05) is 24.7 Å². The molecule has 1 atom stereocenters. The number of rotatable bonds is 10. The van der Waals surface area contributed by atoms with E-state index in [-0.39, 0.29) is 18.7 Å². The van der Waals surface area contributed by atoms with Crippen molar-refractivity contribution in [3.8, 4) is 11.5 Å². The van der Waals surface area contributed by atoms with E-state index >= 15 is 0 Å². The van der Waals surface area contributed by atoms with Gasteiger partial charge in [-0.25, -0.2) is 17.2 Å². The van der Waals surface area contributed by atoms with Gasteiger partial charge in [-0.15, -0.1) is 0 Å². The van der Waals surface area contributed by atoms with Gasteiger partial charge < -0.3 is 14.6 Å². The van der Waals surface area contributed by atoms with Crippen LogP contribution in [0.1, 0.15) is 22.8 Å². The molecule has 0 aliphatic rings. The number of benzene rings is 3. The molecule has 3 aromatic carbocycles. The van der Waals surface area contributed by atoms with Crippen molar-refractivity contribution in [1.82, 2.24) is 4.31 Å². The van der Waals surface area contributed by atoms with Crippen molar-refractivity contribution < 1.29 is 31.8 Å². The molecule has 33 heavy (non-hydrogen) atoms. The Morgan fingerprint density at radius 2 is 1.33 bits per heavy atom. The Hall–Kier alpha value is -3.01. The largest absolute Gasteiger partial charge is 0.497 e. The summed E-state index contributed by atoms with van der Waals surface area (Å²) in [4.78, 5) is 0. The van der Waals surface area contributed by atoms with E-state index < -0.39 is 33.5 Å². The van der Waals surface area contributed by atoms with Crippen LogP contribution in [0.25, 0.3) is 0 Å². The number of aliphatic hydroxyl groups is 1. The minimum absolute atomic E-state index is 0.0248. The molecule has 0 aliphatic carbocycles. The quantitative estimate of drug-likeness (QED) is 0.477. The summed E-state index contributed by atoms with van der Waals surface area (Å²) in [5.41, 5.74) is 1.12. The van der Waals surface area contributed by atoms with E-state index in [4.69, 9.17) is 9.47 Å². The van der Waals surface area contributed by atoms with Gasteiger partial charge in [-0.2, -0.15) is 4.31 Å². The third-order valence-corrected chi connectivity index (χ3v) is 6.90. The monoisotopic (exact) mass is 477 g/mol. The second-order valence-corrected chi connectivity index (χ2v) is 9.44. The summed E-state index contributed by atoms with van der Waals surface area (Å²) in [6.07, 6.45) is -1.66. The zero-order chi connectivity index (χ0) is 24.0. The van der Waals surface area contributed by atoms with E-state index in [1.165, 1.54) is 18.5 Å². The highest BCUT2D eigenvalue weighted by Crippen LogP contribution is 2.24. The van der Waals surface area contributed by atoms with Crippen LogP contribution in [-0.2, 0) is 23.1 Å². The van der Waals surface area contributed by atoms with E-state index in [1.54, 1.807) is 48.5 Å². The Morgan fingerprint density at radius 1 is 0.848 bits per heavy atom. The molecule has 0 amide bonds. The summed E-state index contributed by atoms with van der Waals surface area (Å²) in [5.74, 6) is -1.32. The highest BCUT2D eigenvalue weighted by Gasteiger charge is 2.28. The van der Waals surface area contributed by atoms with E-state index in [2.05, 4.69) is 0 Å². The van der Waals surface area contributed by atoms with Gasteiger partial charge in [0.1, 0.15) is 23.1 Å². The van der Waals surface area contributed by atoms with Crippen LogP contribution in [0.4, 0.5) is 8.78 Å². The summed E-state index contributed by atoms with van der Waals surface area (Å²) >= 11 is 0. The lowest BCUT2D eigenvalue weighted by molar-refractivity contribution is 0.193. The molecule has 0 heterocycles. The van der Waals surface area contributed by atoms with Gasteiger partial charge in [-0.1, -0.05) is 30.3 Å². The lowest BCUT2D eigenvalue weighted by atomic mass is 10.1. The van der Waals surface area contributed by atoms with Crippen molar-refractivity contribution in [2.24, 2.45) is 0 Å². The molecule has 0 aliphatic heterocycles. The van der Waals surface area contributed by atoms with Crippen molar-refractivity contribution in [2.45, 2.75) is 19.2 Å². The number of ether oxygens (including phenoxy) is 2. The van der Waals surface area contributed by atoms with E-state index in [9.17, 15) is 22.3 Å². The summed E-state index contributed by atoms with van der Waals surface area (Å²) in [7, 11) is -0.998. The molecule has 176 valence electrons. The third-order valence-electron chi connectivity index (χ3n) is 5.12. The van der Waals surface area contributed by atoms with Crippen molar-refractivity contribution in [1.29, 1.82) is 0 Å². The first kappa shape index (κ1) is 24.6. The van der Waals surface area contributed by atoms with Crippen LogP contribution in [0.3, 0.4) is 0 Å². The normalized spacial score (nSPS) is 12.5. The van der Waals surface area contributed by atoms with Crippen LogP contribution < -0.4 is 9.47 Å². The van der Waals surface area contributed by atoms with E-state index in [1.807, 2.05) is 0 Å². The Morgan fingerprint density at radius 3 is 1.76 bits per heavy atom. The molecular weight excluding hydrogens is 452 g/mol. The standard InChI is InChI=1S/C24H25F2NO5S/c1-31-20-8-3-17(4-9-20)14-27(15-18-5-10-21(32-2)11-6-18)33(29,30)16-24(28)22-12-7-19(25)13-23(22)26/h3-13,24,28H,14-16H2,1-2H3. The Kier molecular flexibility index (Phi) is 8.01. The summed E-state index contributed by atoms with van der Waals surface area (Å²) in [6, 6.07) is 16.5. The van der Waals surface area contributed by atoms with Gasteiger partial charge in [0.15, 0.2) is 0 Å². The van der Waals surface area contributed by atoms with Gasteiger partial charge in [0.25, 0.3) is 0 Å². The van der Waals surface area contributed by atoms with Gasteiger partial charge >= 0.3 is 0 Å². The molecule has 0 saturated carbocycles. The fourth-order valence-electron chi connectivity index (χ4n) is 3.29. The maximum absolute atomic E-state index is 14.1. The van der Waals surface area contributed by atoms with Crippen molar-refractivity contribution in [3.05, 3.63) is 95.1 Å². The van der Waals surface area contributed by atoms with Crippen LogP contribution >= 0.6 is 0 Å². The number of hydrogen-bond acceptors (Lipinski definition) is 5. The molecular formula is C24H25F2NO5S. The summed E-state index contributed by atoms with van der Waals surface area (Å²) in [6.45, 7) is 0.0496. The maximum atomic E-state index is 14.1. The van der Waals surface area contributed by atoms with Crippen molar-refractivity contribution in [2.75, 3.05) is 20.0 Å². The SMILES string of the molecule is COc1ccc(CN(Cc2ccc(OC)cc2)S(=O)(=O)CC(O)c2ccc(F)cc2F)cc1. The predicted molar refractivity (Wildman–Crippen MR) is 120 cm³/mol. The summed E-state index contributed by atoms with van der Waals surface area (Å²) < 4.78 is 65.3. The lowest BCUT2D eigenvalue weighted by Gasteiger charge is -2.24. The average Bonchev–Trinajstić information content (AvgIpc) is 2.79. The molecule has 3 aromatic rings. The molecule has 0 saturated heterocycles. The second-order valence-electron chi connectivity index (χ2n) is 7.42. The highest BCUT2D eigenvalue weighted by molar-refractivity contribution is 7.89. The average molecular weight is 478 g/mol. The van der Waals surface area contributed by atoms with Crippen molar-refractivity contribution in [3.63, 3.8) is 0 Å². The van der Waals surface area contributed by atoms with Crippen molar-refractivity contribution >= 4 is 10.0 Å².